The minimum Gasteiger partial charge on any atom is -0.494 e. The molecule has 10 heteroatoms. The van der Waals surface area contributed by atoms with Gasteiger partial charge >= 0.3 is 0 Å². The van der Waals surface area contributed by atoms with Crippen LogP contribution in [0.3, 0.4) is 0 Å². The third-order valence-electron chi connectivity index (χ3n) is 10.2. The Balaban J connectivity index is 1.25. The molecule has 2 saturated heterocycles. The minimum absolute atomic E-state index is 0.152. The molecule has 1 aliphatic carbocycles. The van der Waals surface area contributed by atoms with Crippen molar-refractivity contribution in [2.45, 2.75) is 85.2 Å². The molecule has 0 saturated carbocycles. The van der Waals surface area contributed by atoms with Gasteiger partial charge in [-0.15, -0.1) is 0 Å². The summed E-state index contributed by atoms with van der Waals surface area (Å²) in [5.74, 6) is 2.03. The van der Waals surface area contributed by atoms with Crippen molar-refractivity contribution in [3.8, 4) is 17.1 Å². The number of allylic oxidation sites excluding steroid dienone is 2. The Kier molecular flexibility index (Phi) is 8.86. The molecule has 1 amide bonds. The number of nitrogens with zero attached hydrogens (tertiary/aromatic N) is 5. The van der Waals surface area contributed by atoms with Crippen LogP contribution in [0, 0.1) is 11.8 Å². The summed E-state index contributed by atoms with van der Waals surface area (Å²) >= 11 is 0. The third-order valence-corrected chi connectivity index (χ3v) is 10.2. The number of methoxy groups -OCH3 is 1. The lowest BCUT2D eigenvalue weighted by atomic mass is 9.89. The van der Waals surface area contributed by atoms with E-state index in [0.717, 1.165) is 89.9 Å². The first kappa shape index (κ1) is 31.1. The second-order valence-electron chi connectivity index (χ2n) is 13.1. The number of carbonyl (C=O) groups is 1. The number of rotatable bonds is 10. The summed E-state index contributed by atoms with van der Waals surface area (Å²) in [6.07, 6.45) is 7.50. The molecule has 4 unspecified atom stereocenters. The largest absolute Gasteiger partial charge is 0.494 e. The second kappa shape index (κ2) is 12.8. The molecule has 2 aromatic heterocycles. The van der Waals surface area contributed by atoms with E-state index in [1.54, 1.807) is 11.8 Å². The van der Waals surface area contributed by atoms with E-state index in [4.69, 9.17) is 14.8 Å². The molecule has 3 N–H and O–H groups in total. The Labute approximate surface area is 267 Å². The molecule has 0 radical (unpaired) electrons. The molecule has 10 nitrogen and oxygen atoms in total. The van der Waals surface area contributed by atoms with E-state index in [0.29, 0.717) is 23.7 Å². The highest BCUT2D eigenvalue weighted by Gasteiger charge is 2.45. The Morgan fingerprint density at radius 3 is 2.78 bits per heavy atom. The SMILES string of the molecule is CCC(C)=C(NC(=O)c1nn(C)c2c1CCCc1cnc(Nc3ccc(NC4CN5CCC(C)C45)cc3OC)nc1-2)C(C)CC. The summed E-state index contributed by atoms with van der Waals surface area (Å²) in [6.45, 7) is 13.2. The van der Waals surface area contributed by atoms with Crippen LogP contribution in [0.1, 0.15) is 81.9 Å². The topological polar surface area (TPSA) is 109 Å². The van der Waals surface area contributed by atoms with Crippen molar-refractivity contribution in [1.82, 2.24) is 30.0 Å². The third kappa shape index (κ3) is 5.92. The molecule has 240 valence electrons. The average Bonchev–Trinajstić information content (AvgIpc) is 3.44. The number of amides is 1. The molecular weight excluding hydrogens is 564 g/mol. The zero-order valence-electron chi connectivity index (χ0n) is 27.8. The number of nitrogens with one attached hydrogen (secondary N) is 3. The first-order valence-electron chi connectivity index (χ1n) is 16.6. The van der Waals surface area contributed by atoms with Crippen LogP contribution in [-0.2, 0) is 19.9 Å². The standard InChI is InChI=1S/C35H48N8O2/c1-8-20(3)29(21(4)9-2)39-34(44)31-25-12-10-11-23-18-36-35(40-30(23)33(25)42(6)41-31)38-26-14-13-24(17-28(26)45-7)37-27-19-43-16-15-22(5)32(27)43/h13-14,17-18,20,22,27,32,37H,8-12,15-16,19H2,1-7H3,(H,39,44)(H,36,38,40). The predicted molar refractivity (Wildman–Crippen MR) is 179 cm³/mol. The van der Waals surface area contributed by atoms with Crippen molar-refractivity contribution in [1.29, 1.82) is 0 Å². The van der Waals surface area contributed by atoms with Crippen LogP contribution >= 0.6 is 0 Å². The minimum atomic E-state index is -0.152. The van der Waals surface area contributed by atoms with E-state index >= 15 is 0 Å². The summed E-state index contributed by atoms with van der Waals surface area (Å²) in [7, 11) is 3.58. The first-order valence-corrected chi connectivity index (χ1v) is 16.6. The highest BCUT2D eigenvalue weighted by Crippen LogP contribution is 2.38. The molecule has 1 aromatic carbocycles. The molecular formula is C35H48N8O2. The number of benzene rings is 1. The smallest absolute Gasteiger partial charge is 0.276 e. The molecule has 3 aliphatic rings. The van der Waals surface area contributed by atoms with Crippen molar-refractivity contribution < 1.29 is 9.53 Å². The van der Waals surface area contributed by atoms with Crippen LogP contribution in [0.4, 0.5) is 17.3 Å². The fourth-order valence-electron chi connectivity index (χ4n) is 7.31. The van der Waals surface area contributed by atoms with Crippen LogP contribution in [0.2, 0.25) is 0 Å². The molecule has 4 heterocycles. The van der Waals surface area contributed by atoms with E-state index in [1.807, 2.05) is 25.4 Å². The van der Waals surface area contributed by atoms with Gasteiger partial charge in [0.25, 0.3) is 5.91 Å². The van der Waals surface area contributed by atoms with E-state index in [-0.39, 0.29) is 11.8 Å². The van der Waals surface area contributed by atoms with Gasteiger partial charge in [0.05, 0.1) is 30.2 Å². The fraction of sp³-hybridized carbons (Fsp3) is 0.543. The van der Waals surface area contributed by atoms with Gasteiger partial charge < -0.3 is 20.7 Å². The van der Waals surface area contributed by atoms with Crippen LogP contribution in [0.15, 0.2) is 35.7 Å². The van der Waals surface area contributed by atoms with E-state index < -0.39 is 0 Å². The molecule has 2 aliphatic heterocycles. The lowest BCUT2D eigenvalue weighted by molar-refractivity contribution is 0.0954. The number of aryl methyl sites for hydroxylation is 2. The number of carbonyl (C=O) groups excluding carboxylic acids is 1. The normalized spacial score (nSPS) is 21.8. The Hall–Kier alpha value is -3.92. The van der Waals surface area contributed by atoms with Gasteiger partial charge in [-0.25, -0.2) is 9.97 Å². The number of ether oxygens (including phenoxy) is 1. The number of hydrogen-bond acceptors (Lipinski definition) is 8. The molecule has 45 heavy (non-hydrogen) atoms. The summed E-state index contributed by atoms with van der Waals surface area (Å²) < 4.78 is 7.59. The van der Waals surface area contributed by atoms with Gasteiger partial charge in [-0.2, -0.15) is 5.10 Å². The van der Waals surface area contributed by atoms with Gasteiger partial charge in [0.1, 0.15) is 5.75 Å². The van der Waals surface area contributed by atoms with Gasteiger partial charge in [0.15, 0.2) is 5.69 Å². The van der Waals surface area contributed by atoms with E-state index in [1.165, 1.54) is 18.5 Å². The number of aromatic nitrogens is 4. The zero-order valence-corrected chi connectivity index (χ0v) is 27.8. The summed E-state index contributed by atoms with van der Waals surface area (Å²) in [5, 5.41) is 15.1. The average molecular weight is 613 g/mol. The van der Waals surface area contributed by atoms with Crippen LogP contribution in [0.5, 0.6) is 5.75 Å². The van der Waals surface area contributed by atoms with Crippen molar-refractivity contribution in [2.24, 2.45) is 18.9 Å². The molecule has 3 aromatic rings. The zero-order chi connectivity index (χ0) is 31.8. The Bertz CT molecular complexity index is 1610. The van der Waals surface area contributed by atoms with Gasteiger partial charge in [0, 0.05) is 48.8 Å². The Morgan fingerprint density at radius 1 is 1.22 bits per heavy atom. The van der Waals surface area contributed by atoms with Gasteiger partial charge in [-0.1, -0.05) is 33.3 Å². The number of hydrogen-bond donors (Lipinski definition) is 3. The van der Waals surface area contributed by atoms with Crippen molar-refractivity contribution in [3.05, 3.63) is 52.5 Å². The quantitative estimate of drug-likeness (QED) is 0.253. The van der Waals surface area contributed by atoms with Crippen LogP contribution < -0.4 is 20.7 Å². The molecule has 2 fully saturated rings. The highest BCUT2D eigenvalue weighted by atomic mass is 16.5. The maximum atomic E-state index is 13.7. The maximum Gasteiger partial charge on any atom is 0.276 e. The van der Waals surface area contributed by atoms with Gasteiger partial charge in [0.2, 0.25) is 5.95 Å². The van der Waals surface area contributed by atoms with Crippen LogP contribution in [-0.4, -0.2) is 62.8 Å². The van der Waals surface area contributed by atoms with Gasteiger partial charge in [-0.3, -0.25) is 14.4 Å². The lowest BCUT2D eigenvalue weighted by Crippen LogP contribution is -2.61. The Morgan fingerprint density at radius 2 is 2.04 bits per heavy atom. The van der Waals surface area contributed by atoms with E-state index in [9.17, 15) is 4.79 Å². The number of anilines is 3. The summed E-state index contributed by atoms with van der Waals surface area (Å²) in [5.41, 5.74) is 8.21. The molecule has 0 bridgehead atoms. The monoisotopic (exact) mass is 612 g/mol. The summed E-state index contributed by atoms with van der Waals surface area (Å²) in [4.78, 5) is 25.9. The van der Waals surface area contributed by atoms with Gasteiger partial charge in [-0.05, 0) is 81.5 Å². The number of fused-ring (bicyclic) bond motifs is 4. The van der Waals surface area contributed by atoms with Crippen molar-refractivity contribution in [3.63, 3.8) is 0 Å². The van der Waals surface area contributed by atoms with E-state index in [2.05, 4.69) is 66.5 Å². The predicted octanol–water partition coefficient (Wildman–Crippen LogP) is 6.08. The first-order chi connectivity index (χ1) is 21.7. The summed E-state index contributed by atoms with van der Waals surface area (Å²) in [6, 6.07) is 7.23. The van der Waals surface area contributed by atoms with Crippen molar-refractivity contribution in [2.75, 3.05) is 30.8 Å². The molecule has 6 rings (SSSR count). The fourth-order valence-corrected chi connectivity index (χ4v) is 7.31. The van der Waals surface area contributed by atoms with Crippen LogP contribution in [0.25, 0.3) is 11.4 Å². The highest BCUT2D eigenvalue weighted by molar-refractivity contribution is 5.96. The lowest BCUT2D eigenvalue weighted by Gasteiger charge is -2.46. The second-order valence-corrected chi connectivity index (χ2v) is 13.1. The maximum absolute atomic E-state index is 13.7. The molecule has 0 spiro atoms. The van der Waals surface area contributed by atoms with Crippen molar-refractivity contribution >= 4 is 23.2 Å². The molecule has 4 atom stereocenters.